The number of nitrogens with zero attached hydrogens (tertiary/aromatic N) is 1. The number of fused-ring (bicyclic) bond motifs is 1. The predicted octanol–water partition coefficient (Wildman–Crippen LogP) is 2.97. The monoisotopic (exact) mass is 163 g/mol. The Morgan fingerprint density at radius 3 is 2.75 bits per heavy atom. The molecule has 66 valence electrons. The van der Waals surface area contributed by atoms with Gasteiger partial charge in [-0.2, -0.15) is 5.26 Å². The number of hydrogen-bond donors (Lipinski definition) is 0. The lowest BCUT2D eigenvalue weighted by Crippen LogP contribution is -2.07. The topological polar surface area (TPSA) is 23.8 Å². The maximum Gasteiger partial charge on any atom is 0.0624 e. The second-order valence-corrected chi connectivity index (χ2v) is 4.86. The molecule has 0 bridgehead atoms. The highest BCUT2D eigenvalue weighted by atomic mass is 14.7. The standard InChI is InChI=1S/C11H17N/c1-8(2)11-5-3-9(4-6-12)10(11)7-11/h8-10H,3-5,7H2,1-2H3. The summed E-state index contributed by atoms with van der Waals surface area (Å²) in [5.74, 6) is 2.50. The Labute approximate surface area is 74.8 Å². The van der Waals surface area contributed by atoms with Crippen molar-refractivity contribution in [3.05, 3.63) is 0 Å². The third-order valence-corrected chi connectivity index (χ3v) is 4.23. The first-order chi connectivity index (χ1) is 5.70. The molecule has 3 unspecified atom stereocenters. The fraction of sp³-hybridized carbons (Fsp3) is 0.909. The third-order valence-electron chi connectivity index (χ3n) is 4.23. The van der Waals surface area contributed by atoms with Crippen molar-refractivity contribution in [3.63, 3.8) is 0 Å². The van der Waals surface area contributed by atoms with Crippen LogP contribution in [0.25, 0.3) is 0 Å². The van der Waals surface area contributed by atoms with Gasteiger partial charge >= 0.3 is 0 Å². The van der Waals surface area contributed by atoms with E-state index in [-0.39, 0.29) is 0 Å². The highest BCUT2D eigenvalue weighted by Gasteiger charge is 2.62. The summed E-state index contributed by atoms with van der Waals surface area (Å²) in [6.45, 7) is 4.68. The summed E-state index contributed by atoms with van der Waals surface area (Å²) in [5.41, 5.74) is 0.682. The van der Waals surface area contributed by atoms with Crippen molar-refractivity contribution >= 4 is 0 Å². The average Bonchev–Trinajstić information content (AvgIpc) is 2.67. The summed E-state index contributed by atoms with van der Waals surface area (Å²) in [6, 6.07) is 2.32. The molecular formula is C11H17N. The van der Waals surface area contributed by atoms with E-state index in [2.05, 4.69) is 19.9 Å². The van der Waals surface area contributed by atoms with Crippen LogP contribution in [0.1, 0.15) is 39.5 Å². The van der Waals surface area contributed by atoms with Crippen molar-refractivity contribution in [2.24, 2.45) is 23.2 Å². The quantitative estimate of drug-likeness (QED) is 0.614. The molecule has 3 atom stereocenters. The van der Waals surface area contributed by atoms with Gasteiger partial charge in [0.05, 0.1) is 6.07 Å². The van der Waals surface area contributed by atoms with Crippen LogP contribution >= 0.6 is 0 Å². The zero-order valence-electron chi connectivity index (χ0n) is 8.01. The van der Waals surface area contributed by atoms with E-state index in [1.165, 1.54) is 19.3 Å². The molecule has 0 aromatic heterocycles. The van der Waals surface area contributed by atoms with Gasteiger partial charge in [-0.1, -0.05) is 13.8 Å². The van der Waals surface area contributed by atoms with E-state index in [4.69, 9.17) is 5.26 Å². The van der Waals surface area contributed by atoms with E-state index < -0.39 is 0 Å². The molecule has 0 aliphatic heterocycles. The summed E-state index contributed by atoms with van der Waals surface area (Å²) in [7, 11) is 0. The predicted molar refractivity (Wildman–Crippen MR) is 48.3 cm³/mol. The minimum Gasteiger partial charge on any atom is -0.198 e. The highest BCUT2D eigenvalue weighted by Crippen LogP contribution is 2.70. The van der Waals surface area contributed by atoms with E-state index in [1.807, 2.05) is 0 Å². The van der Waals surface area contributed by atoms with Gasteiger partial charge in [0.15, 0.2) is 0 Å². The Morgan fingerprint density at radius 1 is 1.58 bits per heavy atom. The molecule has 1 nitrogen and oxygen atoms in total. The number of rotatable bonds is 2. The van der Waals surface area contributed by atoms with Gasteiger partial charge in [-0.05, 0) is 42.4 Å². The molecule has 0 amide bonds. The fourth-order valence-corrected chi connectivity index (χ4v) is 3.24. The number of hydrogen-bond acceptors (Lipinski definition) is 1. The van der Waals surface area contributed by atoms with E-state index in [1.54, 1.807) is 0 Å². The molecule has 0 spiro atoms. The van der Waals surface area contributed by atoms with Gasteiger partial charge in [-0.15, -0.1) is 0 Å². The Morgan fingerprint density at radius 2 is 2.33 bits per heavy atom. The molecule has 1 heteroatoms. The maximum atomic E-state index is 8.64. The largest absolute Gasteiger partial charge is 0.198 e. The van der Waals surface area contributed by atoms with Crippen LogP contribution in [0.2, 0.25) is 0 Å². The molecule has 0 saturated heterocycles. The first-order valence-corrected chi connectivity index (χ1v) is 5.07. The minimum absolute atomic E-state index is 0.682. The van der Waals surface area contributed by atoms with Crippen LogP contribution < -0.4 is 0 Å². The first kappa shape index (κ1) is 8.10. The molecule has 2 saturated carbocycles. The Balaban J connectivity index is 2.01. The lowest BCUT2D eigenvalue weighted by atomic mass is 9.90. The Bertz CT molecular complexity index is 226. The SMILES string of the molecule is CC(C)C12CCC(CC#N)C1C2. The van der Waals surface area contributed by atoms with Crippen molar-refractivity contribution in [3.8, 4) is 6.07 Å². The minimum atomic E-state index is 0.682. The van der Waals surface area contributed by atoms with Crippen LogP contribution in [-0.2, 0) is 0 Å². The molecule has 2 aliphatic rings. The molecule has 2 aliphatic carbocycles. The summed E-state index contributed by atoms with van der Waals surface area (Å²) < 4.78 is 0. The summed E-state index contributed by atoms with van der Waals surface area (Å²) in [5, 5.41) is 8.64. The van der Waals surface area contributed by atoms with Gasteiger partial charge in [-0.25, -0.2) is 0 Å². The van der Waals surface area contributed by atoms with Crippen LogP contribution in [0, 0.1) is 34.5 Å². The van der Waals surface area contributed by atoms with E-state index in [0.717, 1.165) is 24.2 Å². The van der Waals surface area contributed by atoms with Gasteiger partial charge in [0, 0.05) is 6.42 Å². The molecular weight excluding hydrogens is 146 g/mol. The normalized spacial score (nSPS) is 44.2. The van der Waals surface area contributed by atoms with Gasteiger partial charge in [0.25, 0.3) is 0 Å². The molecule has 0 aromatic carbocycles. The van der Waals surface area contributed by atoms with Crippen molar-refractivity contribution in [2.75, 3.05) is 0 Å². The lowest BCUT2D eigenvalue weighted by Gasteiger charge is -2.15. The Kier molecular flexibility index (Phi) is 1.68. The third kappa shape index (κ3) is 0.905. The smallest absolute Gasteiger partial charge is 0.0624 e. The summed E-state index contributed by atoms with van der Waals surface area (Å²) >= 11 is 0. The number of nitriles is 1. The van der Waals surface area contributed by atoms with Crippen LogP contribution in [-0.4, -0.2) is 0 Å². The second kappa shape index (κ2) is 2.49. The lowest BCUT2D eigenvalue weighted by molar-refractivity contribution is 0.341. The summed E-state index contributed by atoms with van der Waals surface area (Å²) in [6.07, 6.45) is 4.92. The first-order valence-electron chi connectivity index (χ1n) is 5.07. The molecule has 0 heterocycles. The van der Waals surface area contributed by atoms with E-state index >= 15 is 0 Å². The van der Waals surface area contributed by atoms with E-state index in [9.17, 15) is 0 Å². The van der Waals surface area contributed by atoms with Crippen molar-refractivity contribution < 1.29 is 0 Å². The average molecular weight is 163 g/mol. The fourth-order valence-electron chi connectivity index (χ4n) is 3.24. The van der Waals surface area contributed by atoms with Gasteiger partial charge in [0.2, 0.25) is 0 Å². The molecule has 0 aromatic rings. The molecule has 12 heavy (non-hydrogen) atoms. The van der Waals surface area contributed by atoms with Crippen molar-refractivity contribution in [2.45, 2.75) is 39.5 Å². The van der Waals surface area contributed by atoms with Crippen LogP contribution in [0.15, 0.2) is 0 Å². The molecule has 0 N–H and O–H groups in total. The van der Waals surface area contributed by atoms with Crippen molar-refractivity contribution in [1.29, 1.82) is 5.26 Å². The zero-order chi connectivity index (χ0) is 8.77. The molecule has 0 radical (unpaired) electrons. The van der Waals surface area contributed by atoms with Gasteiger partial charge in [-0.3, -0.25) is 0 Å². The molecule has 2 rings (SSSR count). The Hall–Kier alpha value is -0.510. The van der Waals surface area contributed by atoms with Crippen LogP contribution in [0.4, 0.5) is 0 Å². The highest BCUT2D eigenvalue weighted by molar-refractivity contribution is 5.12. The zero-order valence-corrected chi connectivity index (χ0v) is 8.01. The maximum absolute atomic E-state index is 8.64. The second-order valence-electron chi connectivity index (χ2n) is 4.86. The van der Waals surface area contributed by atoms with E-state index in [0.29, 0.717) is 5.41 Å². The van der Waals surface area contributed by atoms with Gasteiger partial charge in [0.1, 0.15) is 0 Å². The summed E-state index contributed by atoms with van der Waals surface area (Å²) in [4.78, 5) is 0. The van der Waals surface area contributed by atoms with Gasteiger partial charge < -0.3 is 0 Å². The molecule has 2 fully saturated rings. The van der Waals surface area contributed by atoms with Crippen molar-refractivity contribution in [1.82, 2.24) is 0 Å². The van der Waals surface area contributed by atoms with Crippen LogP contribution in [0.5, 0.6) is 0 Å². The van der Waals surface area contributed by atoms with Crippen LogP contribution in [0.3, 0.4) is 0 Å².